The molecular formula is C16H21N5OS. The molecule has 2 aromatic rings. The third-order valence-electron chi connectivity index (χ3n) is 3.03. The summed E-state index contributed by atoms with van der Waals surface area (Å²) in [7, 11) is 1.71. The van der Waals surface area contributed by atoms with E-state index in [0.717, 1.165) is 12.2 Å². The number of hydrogen-bond donors (Lipinski definition) is 3. The van der Waals surface area contributed by atoms with Gasteiger partial charge >= 0.3 is 0 Å². The summed E-state index contributed by atoms with van der Waals surface area (Å²) in [6.45, 7) is 3.11. The number of thiophene rings is 1. The number of rotatable bonds is 6. The average Bonchev–Trinajstić information content (AvgIpc) is 3.04. The number of amides is 1. The Morgan fingerprint density at radius 1 is 1.26 bits per heavy atom. The Morgan fingerprint density at radius 3 is 2.83 bits per heavy atom. The molecule has 0 spiro atoms. The third kappa shape index (κ3) is 6.07. The number of hydrogen-bond acceptors (Lipinski definition) is 4. The Morgan fingerprint density at radius 2 is 2.13 bits per heavy atom. The van der Waals surface area contributed by atoms with Crippen LogP contribution in [0.1, 0.15) is 17.0 Å². The van der Waals surface area contributed by atoms with E-state index in [0.29, 0.717) is 24.7 Å². The maximum Gasteiger partial charge on any atom is 0.227 e. The normalized spacial score (nSPS) is 11.1. The molecule has 6 nitrogen and oxygen atoms in total. The zero-order valence-corrected chi connectivity index (χ0v) is 14.1. The van der Waals surface area contributed by atoms with Crippen LogP contribution in [0.15, 0.2) is 40.7 Å². The molecule has 0 radical (unpaired) electrons. The summed E-state index contributed by atoms with van der Waals surface area (Å²) in [5.41, 5.74) is 0.874. The summed E-state index contributed by atoms with van der Waals surface area (Å²) in [6.07, 6.45) is 0.343. The maximum absolute atomic E-state index is 11.9. The predicted octanol–water partition coefficient (Wildman–Crippen LogP) is 2.15. The van der Waals surface area contributed by atoms with Gasteiger partial charge in [-0.05, 0) is 30.5 Å². The zero-order valence-electron chi connectivity index (χ0n) is 13.3. The third-order valence-corrected chi connectivity index (χ3v) is 3.91. The van der Waals surface area contributed by atoms with Crippen molar-refractivity contribution in [1.82, 2.24) is 15.6 Å². The van der Waals surface area contributed by atoms with E-state index in [1.54, 1.807) is 24.5 Å². The van der Waals surface area contributed by atoms with E-state index in [1.165, 1.54) is 4.88 Å². The Bertz CT molecular complexity index is 654. The fraction of sp³-hybridized carbons (Fsp3) is 0.312. The second-order valence-corrected chi connectivity index (χ2v) is 5.93. The first-order valence-electron chi connectivity index (χ1n) is 7.38. The Labute approximate surface area is 140 Å². The second-order valence-electron chi connectivity index (χ2n) is 4.89. The van der Waals surface area contributed by atoms with Gasteiger partial charge in [0.2, 0.25) is 5.91 Å². The molecule has 0 saturated heterocycles. The number of anilines is 1. The molecule has 2 heterocycles. The number of aryl methyl sites for hydroxylation is 1. The molecule has 2 rings (SSSR count). The highest BCUT2D eigenvalue weighted by Crippen LogP contribution is 2.07. The largest absolute Gasteiger partial charge is 0.356 e. The van der Waals surface area contributed by atoms with Crippen molar-refractivity contribution < 1.29 is 4.79 Å². The number of nitrogens with one attached hydrogen (secondary N) is 3. The molecule has 0 aliphatic heterocycles. The molecule has 2 aromatic heterocycles. The van der Waals surface area contributed by atoms with Gasteiger partial charge in [-0.15, -0.1) is 11.3 Å². The second kappa shape index (κ2) is 8.89. The van der Waals surface area contributed by atoms with Gasteiger partial charge < -0.3 is 16.0 Å². The summed E-state index contributed by atoms with van der Waals surface area (Å²) < 4.78 is 0. The standard InChI is InChI=1S/C16H21N5OS/c1-12-5-3-7-14(20-12)21-15(22)8-9-18-16(17-2)19-11-13-6-4-10-23-13/h3-7,10H,8-9,11H2,1-2H3,(H2,17,18,19)(H,20,21,22). The lowest BCUT2D eigenvalue weighted by Crippen LogP contribution is -2.38. The van der Waals surface area contributed by atoms with Crippen LogP contribution < -0.4 is 16.0 Å². The Balaban J connectivity index is 1.69. The number of nitrogens with zero attached hydrogens (tertiary/aromatic N) is 2. The highest BCUT2D eigenvalue weighted by atomic mass is 32.1. The highest BCUT2D eigenvalue weighted by Gasteiger charge is 2.04. The van der Waals surface area contributed by atoms with E-state index in [-0.39, 0.29) is 5.91 Å². The first-order valence-corrected chi connectivity index (χ1v) is 8.26. The number of carbonyl (C=O) groups is 1. The molecule has 0 bridgehead atoms. The molecular weight excluding hydrogens is 310 g/mol. The fourth-order valence-electron chi connectivity index (χ4n) is 1.92. The zero-order chi connectivity index (χ0) is 16.5. The number of aromatic nitrogens is 1. The average molecular weight is 331 g/mol. The quantitative estimate of drug-likeness (QED) is 0.560. The molecule has 1 amide bonds. The lowest BCUT2D eigenvalue weighted by molar-refractivity contribution is -0.116. The molecule has 0 unspecified atom stereocenters. The number of carbonyl (C=O) groups excluding carboxylic acids is 1. The Kier molecular flexibility index (Phi) is 6.56. The molecule has 0 saturated carbocycles. The summed E-state index contributed by atoms with van der Waals surface area (Å²) in [6, 6.07) is 9.61. The summed E-state index contributed by atoms with van der Waals surface area (Å²) in [5, 5.41) is 11.1. The van der Waals surface area contributed by atoms with Crippen LogP contribution in [0.3, 0.4) is 0 Å². The van der Waals surface area contributed by atoms with E-state index < -0.39 is 0 Å². The van der Waals surface area contributed by atoms with Crippen LogP contribution in [-0.2, 0) is 11.3 Å². The van der Waals surface area contributed by atoms with Gasteiger partial charge in [-0.2, -0.15) is 0 Å². The Hall–Kier alpha value is -2.41. The van der Waals surface area contributed by atoms with Gasteiger partial charge in [0, 0.05) is 30.6 Å². The van der Waals surface area contributed by atoms with E-state index in [4.69, 9.17) is 0 Å². The van der Waals surface area contributed by atoms with Crippen LogP contribution in [0.25, 0.3) is 0 Å². The number of pyridine rings is 1. The summed E-state index contributed by atoms with van der Waals surface area (Å²) in [5.74, 6) is 1.18. The molecule has 7 heteroatoms. The van der Waals surface area contributed by atoms with Gasteiger partial charge in [0.05, 0.1) is 6.54 Å². The first kappa shape index (κ1) is 17.0. The van der Waals surface area contributed by atoms with E-state index in [9.17, 15) is 4.79 Å². The van der Waals surface area contributed by atoms with Crippen LogP contribution >= 0.6 is 11.3 Å². The van der Waals surface area contributed by atoms with Gasteiger partial charge in [0.1, 0.15) is 5.82 Å². The van der Waals surface area contributed by atoms with Gasteiger partial charge in [-0.3, -0.25) is 9.79 Å². The van der Waals surface area contributed by atoms with E-state index in [1.807, 2.05) is 30.5 Å². The molecule has 0 aliphatic carbocycles. The fourth-order valence-corrected chi connectivity index (χ4v) is 2.56. The van der Waals surface area contributed by atoms with Gasteiger partial charge in [-0.1, -0.05) is 12.1 Å². The first-order chi connectivity index (χ1) is 11.2. The maximum atomic E-state index is 11.9. The van der Waals surface area contributed by atoms with Crippen molar-refractivity contribution in [1.29, 1.82) is 0 Å². The van der Waals surface area contributed by atoms with Crippen LogP contribution in [0.5, 0.6) is 0 Å². The number of guanidine groups is 1. The van der Waals surface area contributed by atoms with Crippen LogP contribution in [-0.4, -0.2) is 30.4 Å². The van der Waals surface area contributed by atoms with Crippen molar-refractivity contribution in [2.24, 2.45) is 4.99 Å². The summed E-state index contributed by atoms with van der Waals surface area (Å²) in [4.78, 5) is 21.5. The van der Waals surface area contributed by atoms with E-state index in [2.05, 4.69) is 32.0 Å². The van der Waals surface area contributed by atoms with Gasteiger partial charge in [-0.25, -0.2) is 4.98 Å². The molecule has 23 heavy (non-hydrogen) atoms. The topological polar surface area (TPSA) is 78.4 Å². The summed E-state index contributed by atoms with van der Waals surface area (Å²) >= 11 is 1.69. The molecule has 0 aliphatic rings. The monoisotopic (exact) mass is 331 g/mol. The van der Waals surface area contributed by atoms with Crippen molar-refractivity contribution in [3.8, 4) is 0 Å². The smallest absolute Gasteiger partial charge is 0.227 e. The van der Waals surface area contributed by atoms with Crippen molar-refractivity contribution in [2.45, 2.75) is 19.9 Å². The minimum atomic E-state index is -0.0793. The number of aliphatic imine (C=N–C) groups is 1. The molecule has 0 aromatic carbocycles. The molecule has 0 atom stereocenters. The predicted molar refractivity (Wildman–Crippen MR) is 94.7 cm³/mol. The minimum Gasteiger partial charge on any atom is -0.356 e. The van der Waals surface area contributed by atoms with Crippen molar-refractivity contribution in [3.63, 3.8) is 0 Å². The van der Waals surface area contributed by atoms with Gasteiger partial charge in [0.15, 0.2) is 5.96 Å². The van der Waals surface area contributed by atoms with Crippen molar-refractivity contribution in [3.05, 3.63) is 46.3 Å². The van der Waals surface area contributed by atoms with Crippen LogP contribution in [0.4, 0.5) is 5.82 Å². The minimum absolute atomic E-state index is 0.0793. The van der Waals surface area contributed by atoms with E-state index >= 15 is 0 Å². The lowest BCUT2D eigenvalue weighted by Gasteiger charge is -2.11. The van der Waals surface area contributed by atoms with Crippen LogP contribution in [0, 0.1) is 6.92 Å². The highest BCUT2D eigenvalue weighted by molar-refractivity contribution is 7.09. The molecule has 3 N–H and O–H groups in total. The lowest BCUT2D eigenvalue weighted by atomic mass is 10.3. The molecule has 122 valence electrons. The van der Waals surface area contributed by atoms with Crippen LogP contribution in [0.2, 0.25) is 0 Å². The SMILES string of the molecule is CN=C(NCCC(=O)Nc1cccc(C)n1)NCc1cccs1. The van der Waals surface area contributed by atoms with Gasteiger partial charge in [0.25, 0.3) is 0 Å². The molecule has 0 fully saturated rings. The van der Waals surface area contributed by atoms with Crippen molar-refractivity contribution in [2.75, 3.05) is 18.9 Å². The van der Waals surface area contributed by atoms with Crippen molar-refractivity contribution >= 4 is 29.0 Å².